The minimum Gasteiger partial charge on any atom is -0.465 e. The Hall–Kier alpha value is -3.35. The van der Waals surface area contributed by atoms with Crippen LogP contribution >= 0.6 is 0 Å². The number of carbonyl (C=O) groups is 2. The van der Waals surface area contributed by atoms with Gasteiger partial charge in [-0.25, -0.2) is 9.78 Å². The number of esters is 1. The second-order valence-corrected chi connectivity index (χ2v) is 6.02. The molecule has 132 valence electrons. The highest BCUT2D eigenvalue weighted by Crippen LogP contribution is 2.30. The normalized spacial score (nSPS) is 14.0. The van der Waals surface area contributed by atoms with Crippen molar-refractivity contribution in [1.29, 1.82) is 0 Å². The van der Waals surface area contributed by atoms with Crippen molar-refractivity contribution < 1.29 is 19.1 Å². The number of ether oxygens (including phenoxy) is 2. The molecule has 0 unspecified atom stereocenters. The van der Waals surface area contributed by atoms with E-state index in [2.05, 4.69) is 4.98 Å². The van der Waals surface area contributed by atoms with Crippen molar-refractivity contribution in [3.05, 3.63) is 54.6 Å². The van der Waals surface area contributed by atoms with Gasteiger partial charge in [0.1, 0.15) is 11.3 Å². The quantitative estimate of drug-likeness (QED) is 0.676. The van der Waals surface area contributed by atoms with Crippen molar-refractivity contribution in [2.24, 2.45) is 0 Å². The van der Waals surface area contributed by atoms with E-state index in [4.69, 9.17) is 9.47 Å². The van der Waals surface area contributed by atoms with E-state index in [0.29, 0.717) is 23.5 Å². The molecule has 1 aromatic carbocycles. The Balaban J connectivity index is 1.63. The first-order valence-corrected chi connectivity index (χ1v) is 8.28. The van der Waals surface area contributed by atoms with E-state index in [1.807, 2.05) is 12.1 Å². The van der Waals surface area contributed by atoms with Crippen LogP contribution < -0.4 is 9.64 Å². The lowest BCUT2D eigenvalue weighted by Crippen LogP contribution is -2.23. The third-order valence-electron chi connectivity index (χ3n) is 4.35. The first-order chi connectivity index (χ1) is 12.7. The lowest BCUT2D eigenvalue weighted by Gasteiger charge is -2.16. The molecule has 0 bridgehead atoms. The van der Waals surface area contributed by atoms with Crippen molar-refractivity contribution in [2.75, 3.05) is 18.6 Å². The SMILES string of the molecule is COC(=O)c1cc(Oc2ccc(N3CCCC3=O)cc2)c2cncn2c1. The topological polar surface area (TPSA) is 73.1 Å². The van der Waals surface area contributed by atoms with Gasteiger partial charge in [-0.15, -0.1) is 0 Å². The number of aromatic nitrogens is 2. The number of pyridine rings is 1. The molecule has 0 aliphatic carbocycles. The summed E-state index contributed by atoms with van der Waals surface area (Å²) in [6, 6.07) is 8.95. The van der Waals surface area contributed by atoms with Crippen LogP contribution in [0.15, 0.2) is 49.1 Å². The molecule has 4 rings (SSSR count). The summed E-state index contributed by atoms with van der Waals surface area (Å²) < 4.78 is 12.4. The van der Waals surface area contributed by atoms with Crippen molar-refractivity contribution in [3.8, 4) is 11.5 Å². The number of rotatable bonds is 4. The maximum absolute atomic E-state index is 11.9. The number of imidazole rings is 1. The monoisotopic (exact) mass is 351 g/mol. The molecule has 2 aromatic heterocycles. The molecule has 1 saturated heterocycles. The van der Waals surface area contributed by atoms with Crippen molar-refractivity contribution in [1.82, 2.24) is 9.38 Å². The largest absolute Gasteiger partial charge is 0.465 e. The van der Waals surface area contributed by atoms with Gasteiger partial charge in [0.15, 0.2) is 5.75 Å². The lowest BCUT2D eigenvalue weighted by atomic mass is 10.2. The molecular weight excluding hydrogens is 334 g/mol. The number of anilines is 1. The van der Waals surface area contributed by atoms with Gasteiger partial charge in [-0.05, 0) is 36.8 Å². The summed E-state index contributed by atoms with van der Waals surface area (Å²) in [5.74, 6) is 0.791. The molecule has 3 aromatic rings. The second kappa shape index (κ2) is 6.51. The van der Waals surface area contributed by atoms with E-state index in [1.165, 1.54) is 7.11 Å². The first kappa shape index (κ1) is 16.1. The summed E-state index contributed by atoms with van der Waals surface area (Å²) in [5.41, 5.74) is 1.96. The Bertz CT molecular complexity index is 978. The summed E-state index contributed by atoms with van der Waals surface area (Å²) >= 11 is 0. The molecule has 7 heteroatoms. The molecule has 1 aliphatic heterocycles. The number of fused-ring (bicyclic) bond motifs is 1. The average molecular weight is 351 g/mol. The van der Waals surface area contributed by atoms with Gasteiger partial charge in [0.2, 0.25) is 5.91 Å². The molecule has 0 spiro atoms. The van der Waals surface area contributed by atoms with Crippen LogP contribution in [0.25, 0.3) is 5.52 Å². The summed E-state index contributed by atoms with van der Waals surface area (Å²) in [6.45, 7) is 0.747. The second-order valence-electron chi connectivity index (χ2n) is 6.02. The van der Waals surface area contributed by atoms with Gasteiger partial charge in [0.25, 0.3) is 0 Å². The zero-order chi connectivity index (χ0) is 18.1. The van der Waals surface area contributed by atoms with Crippen LogP contribution in [-0.2, 0) is 9.53 Å². The van der Waals surface area contributed by atoms with Crippen LogP contribution in [0.5, 0.6) is 11.5 Å². The highest BCUT2D eigenvalue weighted by atomic mass is 16.5. The third kappa shape index (κ3) is 2.88. The van der Waals surface area contributed by atoms with Gasteiger partial charge in [0.05, 0.1) is 25.2 Å². The van der Waals surface area contributed by atoms with Crippen LogP contribution in [0.2, 0.25) is 0 Å². The molecule has 1 amide bonds. The number of amides is 1. The Morgan fingerprint density at radius 3 is 2.73 bits per heavy atom. The number of hydrogen-bond acceptors (Lipinski definition) is 5. The van der Waals surface area contributed by atoms with Crippen molar-refractivity contribution in [2.45, 2.75) is 12.8 Å². The van der Waals surface area contributed by atoms with E-state index in [-0.39, 0.29) is 5.91 Å². The average Bonchev–Trinajstić information content (AvgIpc) is 3.30. The number of carbonyl (C=O) groups excluding carboxylic acids is 2. The molecule has 0 radical (unpaired) electrons. The first-order valence-electron chi connectivity index (χ1n) is 8.28. The molecule has 0 atom stereocenters. The highest BCUT2D eigenvalue weighted by Gasteiger charge is 2.21. The predicted molar refractivity (Wildman–Crippen MR) is 94.6 cm³/mol. The Morgan fingerprint density at radius 2 is 2.04 bits per heavy atom. The molecular formula is C19H17N3O4. The van der Waals surface area contributed by atoms with Gasteiger partial charge < -0.3 is 18.8 Å². The van der Waals surface area contributed by atoms with Crippen LogP contribution in [0, 0.1) is 0 Å². The minimum absolute atomic E-state index is 0.144. The smallest absolute Gasteiger partial charge is 0.339 e. The summed E-state index contributed by atoms with van der Waals surface area (Å²) in [5, 5.41) is 0. The Kier molecular flexibility index (Phi) is 4.04. The summed E-state index contributed by atoms with van der Waals surface area (Å²) in [4.78, 5) is 29.6. The Labute approximate surface area is 149 Å². The zero-order valence-corrected chi connectivity index (χ0v) is 14.2. The molecule has 0 N–H and O–H groups in total. The van der Waals surface area contributed by atoms with E-state index < -0.39 is 5.97 Å². The molecule has 1 aliphatic rings. The van der Waals surface area contributed by atoms with Gasteiger partial charge in [-0.2, -0.15) is 0 Å². The molecule has 7 nitrogen and oxygen atoms in total. The number of hydrogen-bond donors (Lipinski definition) is 0. The standard InChI is InChI=1S/C19H17N3O4/c1-25-19(24)13-9-17(16-10-20-12-21(16)11-13)26-15-6-4-14(5-7-15)22-8-2-3-18(22)23/h4-7,9-12H,2-3,8H2,1H3. The van der Waals surface area contributed by atoms with E-state index in [0.717, 1.165) is 24.2 Å². The van der Waals surface area contributed by atoms with E-state index >= 15 is 0 Å². The lowest BCUT2D eigenvalue weighted by molar-refractivity contribution is -0.117. The fraction of sp³-hybridized carbons (Fsp3) is 0.211. The van der Waals surface area contributed by atoms with Crippen molar-refractivity contribution >= 4 is 23.1 Å². The zero-order valence-electron chi connectivity index (χ0n) is 14.2. The number of benzene rings is 1. The van der Waals surface area contributed by atoms with Crippen molar-refractivity contribution in [3.63, 3.8) is 0 Å². The summed E-state index contributed by atoms with van der Waals surface area (Å²) in [6.07, 6.45) is 6.38. The molecule has 3 heterocycles. The maximum Gasteiger partial charge on any atom is 0.339 e. The van der Waals surface area contributed by atoms with E-state index in [9.17, 15) is 9.59 Å². The molecule has 1 fully saturated rings. The minimum atomic E-state index is -0.451. The number of nitrogens with zero attached hydrogens (tertiary/aromatic N) is 3. The van der Waals surface area contributed by atoms with E-state index in [1.54, 1.807) is 46.2 Å². The van der Waals surface area contributed by atoms with Crippen LogP contribution in [0.1, 0.15) is 23.2 Å². The fourth-order valence-electron chi connectivity index (χ4n) is 3.05. The highest BCUT2D eigenvalue weighted by molar-refractivity contribution is 5.95. The molecule has 0 saturated carbocycles. The molecule has 26 heavy (non-hydrogen) atoms. The van der Waals surface area contributed by atoms with Crippen LogP contribution in [0.3, 0.4) is 0 Å². The summed E-state index contributed by atoms with van der Waals surface area (Å²) in [7, 11) is 1.33. The number of methoxy groups -OCH3 is 1. The third-order valence-corrected chi connectivity index (χ3v) is 4.35. The van der Waals surface area contributed by atoms with Gasteiger partial charge in [0, 0.05) is 24.8 Å². The van der Waals surface area contributed by atoms with Gasteiger partial charge in [-0.3, -0.25) is 4.79 Å². The maximum atomic E-state index is 11.9. The van der Waals surface area contributed by atoms with Gasteiger partial charge in [-0.1, -0.05) is 0 Å². The predicted octanol–water partition coefficient (Wildman–Crippen LogP) is 3.04. The van der Waals surface area contributed by atoms with Gasteiger partial charge >= 0.3 is 5.97 Å². The fourth-order valence-corrected chi connectivity index (χ4v) is 3.05. The Morgan fingerprint density at radius 1 is 1.23 bits per heavy atom. The van der Waals surface area contributed by atoms with Crippen LogP contribution in [0.4, 0.5) is 5.69 Å². The van der Waals surface area contributed by atoms with Crippen LogP contribution in [-0.4, -0.2) is 34.9 Å².